The third-order valence-corrected chi connectivity index (χ3v) is 7.96. The first-order chi connectivity index (χ1) is 15.4. The molecule has 1 aliphatic heterocycles. The second kappa shape index (κ2) is 10.8. The molecular formula is C24H22Br2ClNO3S. The van der Waals surface area contributed by atoms with Crippen LogP contribution in [0.25, 0.3) is 6.08 Å². The fraction of sp³-hybridized carbons (Fsp3) is 0.333. The normalized spacial score (nSPS) is 18.6. The van der Waals surface area contributed by atoms with Gasteiger partial charge in [-0.3, -0.25) is 14.5 Å². The monoisotopic (exact) mass is 597 g/mol. The van der Waals surface area contributed by atoms with Gasteiger partial charge in [0.25, 0.3) is 11.1 Å². The molecule has 1 aliphatic carbocycles. The topological polar surface area (TPSA) is 46.6 Å². The Hall–Kier alpha value is -1.28. The summed E-state index contributed by atoms with van der Waals surface area (Å²) in [5, 5.41) is 0.246. The van der Waals surface area contributed by atoms with Gasteiger partial charge in [-0.05, 0) is 87.9 Å². The number of nitrogens with zero attached hydrogens (tertiary/aromatic N) is 1. The predicted molar refractivity (Wildman–Crippen MR) is 137 cm³/mol. The molecule has 0 radical (unpaired) electrons. The minimum absolute atomic E-state index is 0.188. The van der Waals surface area contributed by atoms with E-state index in [1.54, 1.807) is 12.1 Å². The smallest absolute Gasteiger partial charge is 0.293 e. The molecule has 0 atom stereocenters. The molecule has 2 fully saturated rings. The van der Waals surface area contributed by atoms with E-state index in [0.717, 1.165) is 40.2 Å². The van der Waals surface area contributed by atoms with Crippen LogP contribution in [0.3, 0.4) is 0 Å². The molecule has 8 heteroatoms. The molecule has 0 unspecified atom stereocenters. The van der Waals surface area contributed by atoms with Crippen molar-refractivity contribution in [3.63, 3.8) is 0 Å². The Bertz CT molecular complexity index is 1030. The van der Waals surface area contributed by atoms with Crippen molar-refractivity contribution in [2.45, 2.75) is 38.7 Å². The molecular weight excluding hydrogens is 578 g/mol. The lowest BCUT2D eigenvalue weighted by atomic mass is 9.89. The van der Waals surface area contributed by atoms with E-state index >= 15 is 0 Å². The zero-order valence-electron chi connectivity index (χ0n) is 17.3. The van der Waals surface area contributed by atoms with Gasteiger partial charge in [0.15, 0.2) is 5.75 Å². The van der Waals surface area contributed by atoms with E-state index in [0.29, 0.717) is 39.2 Å². The first kappa shape index (κ1) is 23.9. The lowest BCUT2D eigenvalue weighted by Gasteiger charge is -2.25. The van der Waals surface area contributed by atoms with Crippen LogP contribution in [0.2, 0.25) is 5.02 Å². The molecule has 0 spiro atoms. The maximum absolute atomic E-state index is 12.9. The van der Waals surface area contributed by atoms with Gasteiger partial charge in [0.2, 0.25) is 0 Å². The highest BCUT2D eigenvalue weighted by atomic mass is 79.9. The Morgan fingerprint density at radius 3 is 2.50 bits per heavy atom. The number of amides is 2. The average Bonchev–Trinajstić information content (AvgIpc) is 3.02. The largest absolute Gasteiger partial charge is 0.486 e. The number of hydrogen-bond donors (Lipinski definition) is 0. The van der Waals surface area contributed by atoms with Crippen molar-refractivity contribution in [3.05, 3.63) is 66.4 Å². The van der Waals surface area contributed by atoms with Gasteiger partial charge in [-0.1, -0.05) is 58.9 Å². The van der Waals surface area contributed by atoms with Gasteiger partial charge in [0.1, 0.15) is 6.61 Å². The Balaban J connectivity index is 1.45. The molecule has 4 nitrogen and oxygen atoms in total. The molecule has 1 saturated heterocycles. The second-order valence-electron chi connectivity index (χ2n) is 8.03. The lowest BCUT2D eigenvalue weighted by molar-refractivity contribution is -0.123. The molecule has 2 aromatic carbocycles. The number of benzene rings is 2. The Morgan fingerprint density at radius 1 is 1.09 bits per heavy atom. The number of carbonyl (C=O) groups is 2. The van der Waals surface area contributed by atoms with Crippen LogP contribution in [-0.2, 0) is 11.4 Å². The highest BCUT2D eigenvalue weighted by Crippen LogP contribution is 2.38. The van der Waals surface area contributed by atoms with E-state index < -0.39 is 0 Å². The van der Waals surface area contributed by atoms with Gasteiger partial charge in [0.05, 0.1) is 14.4 Å². The van der Waals surface area contributed by atoms with E-state index in [1.165, 1.54) is 24.2 Å². The Labute approximate surface area is 214 Å². The summed E-state index contributed by atoms with van der Waals surface area (Å²) in [6, 6.07) is 11.5. The molecule has 4 rings (SSSR count). The fourth-order valence-electron chi connectivity index (χ4n) is 3.97. The number of hydrogen-bond acceptors (Lipinski definition) is 4. The van der Waals surface area contributed by atoms with Crippen molar-refractivity contribution in [1.82, 2.24) is 4.90 Å². The second-order valence-corrected chi connectivity index (χ2v) is 11.2. The van der Waals surface area contributed by atoms with Crippen LogP contribution in [0.5, 0.6) is 5.75 Å². The van der Waals surface area contributed by atoms with Crippen LogP contribution >= 0.6 is 55.2 Å². The summed E-state index contributed by atoms with van der Waals surface area (Å²) in [6.45, 7) is 0.903. The maximum Gasteiger partial charge on any atom is 0.293 e. The van der Waals surface area contributed by atoms with Crippen molar-refractivity contribution in [2.75, 3.05) is 6.54 Å². The van der Waals surface area contributed by atoms with Gasteiger partial charge in [0, 0.05) is 11.0 Å². The van der Waals surface area contributed by atoms with Crippen LogP contribution in [-0.4, -0.2) is 22.6 Å². The SMILES string of the molecule is O=C1S/C(=C/c2cc(Cl)c(OCc3ccc(Br)cc3)c(Br)c2)C(=O)N1CC1CCCCC1. The van der Waals surface area contributed by atoms with Crippen molar-refractivity contribution >= 4 is 72.4 Å². The van der Waals surface area contributed by atoms with Crippen molar-refractivity contribution in [3.8, 4) is 5.75 Å². The average molecular weight is 600 g/mol. The first-order valence-corrected chi connectivity index (χ1v) is 13.3. The molecule has 0 aromatic heterocycles. The molecule has 168 valence electrons. The third-order valence-electron chi connectivity index (χ3n) is 5.65. The third kappa shape index (κ3) is 5.79. The number of thioether (sulfide) groups is 1. The summed E-state index contributed by atoms with van der Waals surface area (Å²) in [5.74, 6) is 0.743. The number of imide groups is 1. The summed E-state index contributed by atoms with van der Waals surface area (Å²) in [5.41, 5.74) is 1.76. The standard InChI is InChI=1S/C24H22Br2ClNO3S/c25-18-8-6-16(7-9-18)14-31-22-19(26)10-17(11-20(22)27)12-21-23(29)28(24(30)32-21)13-15-4-2-1-3-5-15/h6-12,15H,1-5,13-14H2/b21-12+. The van der Waals surface area contributed by atoms with Crippen LogP contribution < -0.4 is 4.74 Å². The zero-order valence-corrected chi connectivity index (χ0v) is 22.0. The summed E-state index contributed by atoms with van der Waals surface area (Å²) in [7, 11) is 0. The van der Waals surface area contributed by atoms with Crippen LogP contribution in [0.1, 0.15) is 43.2 Å². The van der Waals surface area contributed by atoms with Gasteiger partial charge < -0.3 is 4.74 Å². The van der Waals surface area contributed by atoms with Crippen molar-refractivity contribution in [2.24, 2.45) is 5.92 Å². The van der Waals surface area contributed by atoms with Crippen molar-refractivity contribution in [1.29, 1.82) is 0 Å². The van der Waals surface area contributed by atoms with Crippen LogP contribution in [0.4, 0.5) is 4.79 Å². The molecule has 2 amide bonds. The molecule has 1 saturated carbocycles. The molecule has 0 N–H and O–H groups in total. The van der Waals surface area contributed by atoms with Gasteiger partial charge in [-0.15, -0.1) is 0 Å². The predicted octanol–water partition coefficient (Wildman–Crippen LogP) is 8.06. The minimum atomic E-state index is -0.214. The molecule has 0 bridgehead atoms. The van der Waals surface area contributed by atoms with Gasteiger partial charge in [-0.25, -0.2) is 0 Å². The number of ether oxygens (including phenoxy) is 1. The molecule has 2 aliphatic rings. The van der Waals surface area contributed by atoms with Crippen LogP contribution in [0, 0.1) is 5.92 Å². The molecule has 32 heavy (non-hydrogen) atoms. The fourth-order valence-corrected chi connectivity index (χ4v) is 6.07. The zero-order chi connectivity index (χ0) is 22.7. The van der Waals surface area contributed by atoms with E-state index in [1.807, 2.05) is 30.3 Å². The van der Waals surface area contributed by atoms with E-state index in [-0.39, 0.29) is 11.1 Å². The number of rotatable bonds is 6. The number of carbonyl (C=O) groups excluding carboxylic acids is 2. The number of halogens is 3. The van der Waals surface area contributed by atoms with Gasteiger partial charge in [-0.2, -0.15) is 0 Å². The summed E-state index contributed by atoms with van der Waals surface area (Å²) >= 11 is 14.4. The minimum Gasteiger partial charge on any atom is -0.486 e. The van der Waals surface area contributed by atoms with E-state index in [9.17, 15) is 9.59 Å². The van der Waals surface area contributed by atoms with E-state index in [4.69, 9.17) is 16.3 Å². The highest BCUT2D eigenvalue weighted by Gasteiger charge is 2.36. The summed E-state index contributed by atoms with van der Waals surface area (Å²) < 4.78 is 7.61. The lowest BCUT2D eigenvalue weighted by Crippen LogP contribution is -2.34. The first-order valence-electron chi connectivity index (χ1n) is 10.5. The van der Waals surface area contributed by atoms with Crippen molar-refractivity contribution < 1.29 is 14.3 Å². The highest BCUT2D eigenvalue weighted by molar-refractivity contribution is 9.10. The van der Waals surface area contributed by atoms with E-state index in [2.05, 4.69) is 31.9 Å². The summed E-state index contributed by atoms with van der Waals surface area (Å²) in [4.78, 5) is 27.1. The Morgan fingerprint density at radius 2 is 1.81 bits per heavy atom. The molecule has 2 aromatic rings. The van der Waals surface area contributed by atoms with Gasteiger partial charge >= 0.3 is 0 Å². The summed E-state index contributed by atoms with van der Waals surface area (Å²) in [6.07, 6.45) is 7.51. The quantitative estimate of drug-likeness (QED) is 0.315. The van der Waals surface area contributed by atoms with Crippen LogP contribution in [0.15, 0.2) is 50.2 Å². The molecule has 1 heterocycles. The maximum atomic E-state index is 12.9. The Kier molecular flexibility index (Phi) is 8.03.